The first kappa shape index (κ1) is 12.6. The van der Waals surface area contributed by atoms with Gasteiger partial charge in [-0.2, -0.15) is 0 Å². The summed E-state index contributed by atoms with van der Waals surface area (Å²) in [7, 11) is 0. The van der Waals surface area contributed by atoms with Crippen molar-refractivity contribution in [3.63, 3.8) is 0 Å². The number of halogens is 1. The first-order chi connectivity index (χ1) is 8.02. The van der Waals surface area contributed by atoms with Crippen LogP contribution in [0.1, 0.15) is 39.2 Å². The molecular weight excluding hydrogens is 213 g/mol. The minimum absolute atomic E-state index is 0.119. The van der Waals surface area contributed by atoms with Gasteiger partial charge in [-0.3, -0.25) is 0 Å². The fraction of sp³-hybridized carbons (Fsp3) is 0.600. The number of hydrogen-bond donors (Lipinski definition) is 1. The zero-order chi connectivity index (χ0) is 12.5. The van der Waals surface area contributed by atoms with Crippen LogP contribution in [0.15, 0.2) is 24.3 Å². The fourth-order valence-electron chi connectivity index (χ4n) is 2.97. The molecule has 0 radical (unpaired) electrons. The van der Waals surface area contributed by atoms with Gasteiger partial charge in [-0.05, 0) is 36.5 Å². The maximum absolute atomic E-state index is 13.3. The summed E-state index contributed by atoms with van der Waals surface area (Å²) < 4.78 is 13.3. The third kappa shape index (κ3) is 2.68. The van der Waals surface area contributed by atoms with Crippen molar-refractivity contribution in [2.45, 2.75) is 45.1 Å². The van der Waals surface area contributed by atoms with Crippen molar-refractivity contribution in [2.75, 3.05) is 6.54 Å². The molecule has 0 unspecified atom stereocenters. The number of benzene rings is 1. The van der Waals surface area contributed by atoms with Crippen molar-refractivity contribution in [2.24, 2.45) is 5.92 Å². The Balaban J connectivity index is 2.17. The molecule has 17 heavy (non-hydrogen) atoms. The van der Waals surface area contributed by atoms with E-state index in [1.54, 1.807) is 6.07 Å². The first-order valence-corrected chi connectivity index (χ1v) is 6.51. The molecule has 0 bridgehead atoms. The molecule has 1 saturated carbocycles. The minimum Gasteiger partial charge on any atom is -0.314 e. The zero-order valence-corrected chi connectivity index (χ0v) is 11.0. The van der Waals surface area contributed by atoms with E-state index in [9.17, 15) is 4.39 Å². The molecule has 1 aromatic rings. The summed E-state index contributed by atoms with van der Waals surface area (Å²) in [6.07, 6.45) is 2.33. The molecule has 1 N–H and O–H groups in total. The molecule has 1 aliphatic rings. The summed E-state index contributed by atoms with van der Waals surface area (Å²) in [5, 5.41) is 3.50. The van der Waals surface area contributed by atoms with E-state index in [4.69, 9.17) is 0 Å². The third-order valence-corrected chi connectivity index (χ3v) is 3.76. The van der Waals surface area contributed by atoms with E-state index in [1.165, 1.54) is 6.07 Å². The molecular formula is C15H22FN. The van der Waals surface area contributed by atoms with Crippen LogP contribution in [0.2, 0.25) is 0 Å². The Morgan fingerprint density at radius 3 is 2.65 bits per heavy atom. The Hall–Kier alpha value is -0.890. The number of rotatable bonds is 4. The van der Waals surface area contributed by atoms with Gasteiger partial charge in [0.1, 0.15) is 5.82 Å². The Morgan fingerprint density at radius 1 is 1.41 bits per heavy atom. The van der Waals surface area contributed by atoms with Crippen LogP contribution in [0.25, 0.3) is 0 Å². The van der Waals surface area contributed by atoms with E-state index in [-0.39, 0.29) is 11.2 Å². The summed E-state index contributed by atoms with van der Waals surface area (Å²) in [5.41, 5.74) is 1.31. The van der Waals surface area contributed by atoms with Crippen molar-refractivity contribution < 1.29 is 4.39 Å². The van der Waals surface area contributed by atoms with E-state index in [1.807, 2.05) is 6.07 Å². The van der Waals surface area contributed by atoms with Gasteiger partial charge in [0.05, 0.1) is 0 Å². The van der Waals surface area contributed by atoms with Crippen LogP contribution in [-0.4, -0.2) is 12.6 Å². The van der Waals surface area contributed by atoms with E-state index in [0.29, 0.717) is 6.04 Å². The molecule has 0 atom stereocenters. The van der Waals surface area contributed by atoms with Crippen molar-refractivity contribution in [3.8, 4) is 0 Å². The van der Waals surface area contributed by atoms with E-state index < -0.39 is 0 Å². The molecule has 0 amide bonds. The normalized spacial score (nSPS) is 28.2. The highest BCUT2D eigenvalue weighted by atomic mass is 19.1. The van der Waals surface area contributed by atoms with Crippen molar-refractivity contribution in [1.82, 2.24) is 5.32 Å². The van der Waals surface area contributed by atoms with E-state index in [0.717, 1.165) is 30.9 Å². The van der Waals surface area contributed by atoms with E-state index >= 15 is 0 Å². The fourth-order valence-corrected chi connectivity index (χ4v) is 2.97. The topological polar surface area (TPSA) is 12.0 Å². The lowest BCUT2D eigenvalue weighted by Crippen LogP contribution is -2.49. The molecule has 1 fully saturated rings. The quantitative estimate of drug-likeness (QED) is 0.842. The lowest BCUT2D eigenvalue weighted by Gasteiger charge is -2.47. The van der Waals surface area contributed by atoms with Crippen LogP contribution >= 0.6 is 0 Å². The molecule has 2 rings (SSSR count). The van der Waals surface area contributed by atoms with E-state index in [2.05, 4.69) is 32.2 Å². The van der Waals surface area contributed by atoms with Crippen LogP contribution in [0.5, 0.6) is 0 Å². The van der Waals surface area contributed by atoms with Crippen molar-refractivity contribution in [1.29, 1.82) is 0 Å². The summed E-state index contributed by atoms with van der Waals surface area (Å²) in [5.74, 6) is 0.637. The second-order valence-electron chi connectivity index (χ2n) is 5.84. The van der Waals surface area contributed by atoms with Gasteiger partial charge in [-0.1, -0.05) is 32.9 Å². The van der Waals surface area contributed by atoms with Crippen molar-refractivity contribution in [3.05, 3.63) is 35.6 Å². The van der Waals surface area contributed by atoms with Crippen LogP contribution in [0, 0.1) is 11.7 Å². The Kier molecular flexibility index (Phi) is 3.53. The van der Waals surface area contributed by atoms with Crippen LogP contribution < -0.4 is 5.32 Å². The highest BCUT2D eigenvalue weighted by Gasteiger charge is 2.43. The molecule has 0 aromatic heterocycles. The largest absolute Gasteiger partial charge is 0.314 e. The molecule has 0 heterocycles. The monoisotopic (exact) mass is 235 g/mol. The first-order valence-electron chi connectivity index (χ1n) is 6.51. The molecule has 0 saturated heterocycles. The molecule has 0 aliphatic heterocycles. The predicted molar refractivity (Wildman–Crippen MR) is 69.6 cm³/mol. The molecule has 1 aromatic carbocycles. The van der Waals surface area contributed by atoms with Gasteiger partial charge in [0.15, 0.2) is 0 Å². The molecule has 1 nitrogen and oxygen atoms in total. The summed E-state index contributed by atoms with van der Waals surface area (Å²) in [6, 6.07) is 7.60. The number of nitrogens with one attached hydrogen (secondary N) is 1. The predicted octanol–water partition coefficient (Wildman–Crippen LogP) is 3.49. The van der Waals surface area contributed by atoms with Gasteiger partial charge in [-0.25, -0.2) is 4.39 Å². The molecule has 0 spiro atoms. The highest BCUT2D eigenvalue weighted by Crippen LogP contribution is 2.47. The third-order valence-electron chi connectivity index (χ3n) is 3.76. The Bertz CT molecular complexity index is 380. The standard InChI is InChI=1S/C15H22FN/c1-11(2)17-10-15(8-12(3)9-15)13-5-4-6-14(16)7-13/h4-7,11-12,17H,8-10H2,1-3H3. The summed E-state index contributed by atoms with van der Waals surface area (Å²) in [6.45, 7) is 7.54. The second kappa shape index (κ2) is 4.77. The summed E-state index contributed by atoms with van der Waals surface area (Å²) in [4.78, 5) is 0. The molecule has 2 heteroatoms. The van der Waals surface area contributed by atoms with Gasteiger partial charge in [-0.15, -0.1) is 0 Å². The maximum Gasteiger partial charge on any atom is 0.123 e. The summed E-state index contributed by atoms with van der Waals surface area (Å²) >= 11 is 0. The minimum atomic E-state index is -0.119. The lowest BCUT2D eigenvalue weighted by atomic mass is 9.59. The zero-order valence-electron chi connectivity index (χ0n) is 11.0. The van der Waals surface area contributed by atoms with Gasteiger partial charge < -0.3 is 5.32 Å². The number of hydrogen-bond acceptors (Lipinski definition) is 1. The second-order valence-corrected chi connectivity index (χ2v) is 5.84. The SMILES string of the molecule is CC1CC(CNC(C)C)(c2cccc(F)c2)C1. The average Bonchev–Trinajstić information content (AvgIpc) is 2.22. The smallest absolute Gasteiger partial charge is 0.123 e. The van der Waals surface area contributed by atoms with Crippen molar-refractivity contribution >= 4 is 0 Å². The highest BCUT2D eigenvalue weighted by molar-refractivity contribution is 5.30. The maximum atomic E-state index is 13.3. The Labute approximate surface area is 103 Å². The van der Waals surface area contributed by atoms with Gasteiger partial charge >= 0.3 is 0 Å². The average molecular weight is 235 g/mol. The molecule has 94 valence electrons. The van der Waals surface area contributed by atoms with Crippen LogP contribution in [-0.2, 0) is 5.41 Å². The van der Waals surface area contributed by atoms with Crippen LogP contribution in [0.3, 0.4) is 0 Å². The molecule has 1 aliphatic carbocycles. The Morgan fingerprint density at radius 2 is 2.12 bits per heavy atom. The lowest BCUT2D eigenvalue weighted by molar-refractivity contribution is 0.149. The van der Waals surface area contributed by atoms with Gasteiger partial charge in [0.25, 0.3) is 0 Å². The van der Waals surface area contributed by atoms with Gasteiger partial charge in [0, 0.05) is 18.0 Å². The van der Waals surface area contributed by atoms with Crippen LogP contribution in [0.4, 0.5) is 4.39 Å². The van der Waals surface area contributed by atoms with Gasteiger partial charge in [0.2, 0.25) is 0 Å².